The number of aromatic nitrogens is 1. The second-order valence-corrected chi connectivity index (χ2v) is 6.04. The minimum atomic E-state index is 0.0174. The van der Waals surface area contributed by atoms with Crippen LogP contribution in [0.2, 0.25) is 0 Å². The number of carbonyl (C=O) groups is 1. The van der Waals surface area contributed by atoms with E-state index >= 15 is 0 Å². The lowest BCUT2D eigenvalue weighted by Crippen LogP contribution is -2.40. The molecule has 3 rings (SSSR count). The Morgan fingerprint density at radius 1 is 1.40 bits per heavy atom. The van der Waals surface area contributed by atoms with Gasteiger partial charge in [0.1, 0.15) is 6.10 Å². The quantitative estimate of drug-likeness (QED) is 0.844. The van der Waals surface area contributed by atoms with Gasteiger partial charge in [0.2, 0.25) is 5.88 Å². The summed E-state index contributed by atoms with van der Waals surface area (Å²) in [6.07, 6.45) is 2.93. The molecule has 5 nitrogen and oxygen atoms in total. The Hall–Kier alpha value is -1.27. The highest BCUT2D eigenvalue weighted by molar-refractivity contribution is 7.99. The largest absolute Gasteiger partial charge is 0.473 e. The van der Waals surface area contributed by atoms with E-state index < -0.39 is 0 Å². The number of thioether (sulfide) groups is 1. The maximum atomic E-state index is 12.2. The predicted octanol–water partition coefficient (Wildman–Crippen LogP) is 1.44. The second-order valence-electron chi connectivity index (χ2n) is 4.89. The Balaban J connectivity index is 1.61. The minimum absolute atomic E-state index is 0.0174. The second kappa shape index (κ2) is 6.45. The number of hydrogen-bond acceptors (Lipinski definition) is 5. The third kappa shape index (κ3) is 3.24. The van der Waals surface area contributed by atoms with Crippen molar-refractivity contribution >= 4 is 17.7 Å². The third-order valence-corrected chi connectivity index (χ3v) is 4.59. The van der Waals surface area contributed by atoms with E-state index in [1.165, 1.54) is 0 Å². The van der Waals surface area contributed by atoms with Crippen LogP contribution in [-0.2, 0) is 4.74 Å². The van der Waals surface area contributed by atoms with Gasteiger partial charge in [0.05, 0.1) is 18.8 Å². The summed E-state index contributed by atoms with van der Waals surface area (Å²) in [5.74, 6) is 2.80. The SMILES string of the molecule is O=C(c1ccc(O[C@@H]2CCSC2)nc1)N1CCOCC1. The van der Waals surface area contributed by atoms with Gasteiger partial charge in [0, 0.05) is 31.1 Å². The summed E-state index contributed by atoms with van der Waals surface area (Å²) in [7, 11) is 0. The summed E-state index contributed by atoms with van der Waals surface area (Å²) < 4.78 is 11.0. The fourth-order valence-corrected chi connectivity index (χ4v) is 3.40. The highest BCUT2D eigenvalue weighted by atomic mass is 32.2. The van der Waals surface area contributed by atoms with Crippen molar-refractivity contribution in [1.82, 2.24) is 9.88 Å². The molecule has 0 aliphatic carbocycles. The summed E-state index contributed by atoms with van der Waals surface area (Å²) in [6.45, 7) is 2.52. The summed E-state index contributed by atoms with van der Waals surface area (Å²) in [4.78, 5) is 18.3. The highest BCUT2D eigenvalue weighted by Gasteiger charge is 2.20. The Kier molecular flexibility index (Phi) is 4.42. The number of rotatable bonds is 3. The topological polar surface area (TPSA) is 51.7 Å². The van der Waals surface area contributed by atoms with Crippen molar-refractivity contribution < 1.29 is 14.3 Å². The molecular weight excluding hydrogens is 276 g/mol. The summed E-state index contributed by atoms with van der Waals surface area (Å²) >= 11 is 1.90. The maximum absolute atomic E-state index is 12.2. The lowest BCUT2D eigenvalue weighted by atomic mass is 10.2. The summed E-state index contributed by atoms with van der Waals surface area (Å²) in [5.41, 5.74) is 0.611. The predicted molar refractivity (Wildman–Crippen MR) is 77.3 cm³/mol. The Morgan fingerprint density at radius 2 is 2.25 bits per heavy atom. The molecule has 2 fully saturated rings. The van der Waals surface area contributed by atoms with Crippen LogP contribution in [0.5, 0.6) is 5.88 Å². The van der Waals surface area contributed by atoms with Gasteiger partial charge in [-0.1, -0.05) is 0 Å². The standard InChI is InChI=1S/C14H18N2O3S/c17-14(16-4-6-18-7-5-16)11-1-2-13(15-9-11)19-12-3-8-20-10-12/h1-2,9,12H,3-8,10H2/t12-/m1/s1. The van der Waals surface area contributed by atoms with Crippen LogP contribution >= 0.6 is 11.8 Å². The number of morpholine rings is 1. The molecule has 0 N–H and O–H groups in total. The fraction of sp³-hybridized carbons (Fsp3) is 0.571. The van der Waals surface area contributed by atoms with Gasteiger partial charge in [0.15, 0.2) is 0 Å². The molecule has 0 unspecified atom stereocenters. The molecule has 108 valence electrons. The first-order valence-corrected chi connectivity index (χ1v) is 8.06. The Labute approximate surface area is 122 Å². The van der Waals surface area contributed by atoms with E-state index in [1.807, 2.05) is 11.8 Å². The van der Waals surface area contributed by atoms with Gasteiger partial charge >= 0.3 is 0 Å². The zero-order valence-corrected chi connectivity index (χ0v) is 12.1. The molecule has 0 saturated carbocycles. The molecule has 1 amide bonds. The van der Waals surface area contributed by atoms with Crippen LogP contribution in [0.15, 0.2) is 18.3 Å². The van der Waals surface area contributed by atoms with E-state index in [9.17, 15) is 4.79 Å². The van der Waals surface area contributed by atoms with E-state index in [1.54, 1.807) is 23.2 Å². The maximum Gasteiger partial charge on any atom is 0.255 e. The Bertz CT molecular complexity index is 454. The lowest BCUT2D eigenvalue weighted by molar-refractivity contribution is 0.0302. The summed E-state index contributed by atoms with van der Waals surface area (Å²) in [5, 5.41) is 0. The van der Waals surface area contributed by atoms with Crippen LogP contribution < -0.4 is 4.74 Å². The van der Waals surface area contributed by atoms with Crippen LogP contribution in [0.25, 0.3) is 0 Å². The van der Waals surface area contributed by atoms with Gasteiger partial charge in [-0.05, 0) is 18.2 Å². The molecule has 1 aromatic heterocycles. The van der Waals surface area contributed by atoms with E-state index in [2.05, 4.69) is 4.98 Å². The van der Waals surface area contributed by atoms with Gasteiger partial charge in [-0.3, -0.25) is 4.79 Å². The van der Waals surface area contributed by atoms with E-state index in [-0.39, 0.29) is 12.0 Å². The van der Waals surface area contributed by atoms with Gasteiger partial charge in [-0.25, -0.2) is 4.98 Å². The van der Waals surface area contributed by atoms with Gasteiger partial charge < -0.3 is 14.4 Å². The molecule has 1 atom stereocenters. The molecule has 0 radical (unpaired) electrons. The first-order chi connectivity index (χ1) is 9.83. The first-order valence-electron chi connectivity index (χ1n) is 6.90. The van der Waals surface area contributed by atoms with Crippen molar-refractivity contribution in [2.45, 2.75) is 12.5 Å². The van der Waals surface area contributed by atoms with Gasteiger partial charge in [0.25, 0.3) is 5.91 Å². The van der Waals surface area contributed by atoms with E-state index in [4.69, 9.17) is 9.47 Å². The molecule has 20 heavy (non-hydrogen) atoms. The van der Waals surface area contributed by atoms with Crippen molar-refractivity contribution in [2.75, 3.05) is 37.8 Å². The number of carbonyl (C=O) groups excluding carboxylic acids is 1. The molecule has 3 heterocycles. The zero-order valence-electron chi connectivity index (χ0n) is 11.3. The molecule has 2 aliphatic heterocycles. The van der Waals surface area contributed by atoms with Crippen molar-refractivity contribution in [1.29, 1.82) is 0 Å². The Morgan fingerprint density at radius 3 is 2.90 bits per heavy atom. The number of hydrogen-bond donors (Lipinski definition) is 0. The van der Waals surface area contributed by atoms with Crippen molar-refractivity contribution in [3.63, 3.8) is 0 Å². The minimum Gasteiger partial charge on any atom is -0.473 e. The highest BCUT2D eigenvalue weighted by Crippen LogP contribution is 2.22. The molecule has 2 aliphatic rings. The van der Waals surface area contributed by atoms with Crippen LogP contribution in [0.4, 0.5) is 0 Å². The first kappa shape index (κ1) is 13.7. The zero-order chi connectivity index (χ0) is 13.8. The lowest BCUT2D eigenvalue weighted by Gasteiger charge is -2.26. The average molecular weight is 294 g/mol. The van der Waals surface area contributed by atoms with Gasteiger partial charge in [-0.15, -0.1) is 0 Å². The summed E-state index contributed by atoms with van der Waals surface area (Å²) in [6, 6.07) is 3.58. The fourth-order valence-electron chi connectivity index (χ4n) is 2.30. The molecular formula is C14H18N2O3S. The van der Waals surface area contributed by atoms with Crippen molar-refractivity contribution in [3.05, 3.63) is 23.9 Å². The van der Waals surface area contributed by atoms with Crippen LogP contribution in [0, 0.1) is 0 Å². The average Bonchev–Trinajstić information content (AvgIpc) is 3.01. The van der Waals surface area contributed by atoms with Crippen LogP contribution in [0.3, 0.4) is 0 Å². The van der Waals surface area contributed by atoms with Crippen LogP contribution in [-0.4, -0.2) is 59.7 Å². The smallest absolute Gasteiger partial charge is 0.255 e. The number of pyridine rings is 1. The van der Waals surface area contributed by atoms with E-state index in [0.29, 0.717) is 37.7 Å². The van der Waals surface area contributed by atoms with Crippen LogP contribution in [0.1, 0.15) is 16.8 Å². The molecule has 0 spiro atoms. The molecule has 1 aromatic rings. The molecule has 0 aromatic carbocycles. The third-order valence-electron chi connectivity index (χ3n) is 3.46. The molecule has 0 bridgehead atoms. The number of ether oxygens (including phenoxy) is 2. The van der Waals surface area contributed by atoms with E-state index in [0.717, 1.165) is 17.9 Å². The number of nitrogens with zero attached hydrogens (tertiary/aromatic N) is 2. The van der Waals surface area contributed by atoms with Gasteiger partial charge in [-0.2, -0.15) is 11.8 Å². The molecule has 6 heteroatoms. The van der Waals surface area contributed by atoms with Crippen molar-refractivity contribution in [3.8, 4) is 5.88 Å². The normalized spacial score (nSPS) is 22.8. The van der Waals surface area contributed by atoms with Crippen molar-refractivity contribution in [2.24, 2.45) is 0 Å². The number of amides is 1. The monoisotopic (exact) mass is 294 g/mol. The molecule has 2 saturated heterocycles.